The number of pyridine rings is 1. The van der Waals surface area contributed by atoms with E-state index in [9.17, 15) is 14.4 Å². The molecule has 3 rings (SSSR count). The topological polar surface area (TPSA) is 104 Å². The minimum absolute atomic E-state index is 0.0394. The molecule has 1 heterocycles. The van der Waals surface area contributed by atoms with Gasteiger partial charge in [-0.05, 0) is 57.2 Å². The molecule has 0 atom stereocenters. The smallest absolute Gasteiger partial charge is 0.339 e. The van der Waals surface area contributed by atoms with Crippen molar-refractivity contribution < 1.29 is 37.7 Å². The summed E-state index contributed by atoms with van der Waals surface area (Å²) in [6, 6.07) is 3.94. The number of aromatic nitrogens is 1. The summed E-state index contributed by atoms with van der Waals surface area (Å²) in [4.78, 5) is 44.3. The SMILES string of the molecule is COCCOC(=O)C1=C(C(=O)N(Cc2cncc(C(=O)OC)c2)c2cc(OC(C)C)c(Cl)cc2F)CCCC1. The Morgan fingerprint density at radius 1 is 1.03 bits per heavy atom. The molecule has 0 unspecified atom stereocenters. The highest BCUT2D eigenvalue weighted by atomic mass is 35.5. The number of carbonyl (C=O) groups is 3. The molecule has 1 aromatic heterocycles. The summed E-state index contributed by atoms with van der Waals surface area (Å²) in [7, 11) is 2.73. The lowest BCUT2D eigenvalue weighted by Gasteiger charge is -2.28. The summed E-state index contributed by atoms with van der Waals surface area (Å²) in [5.74, 6) is -2.36. The molecule has 0 bridgehead atoms. The number of hydrogen-bond acceptors (Lipinski definition) is 8. The second-order valence-electron chi connectivity index (χ2n) is 9.16. The van der Waals surface area contributed by atoms with E-state index in [0.29, 0.717) is 31.2 Å². The van der Waals surface area contributed by atoms with Gasteiger partial charge in [-0.25, -0.2) is 14.0 Å². The third-order valence-electron chi connectivity index (χ3n) is 5.95. The second kappa shape index (κ2) is 14.0. The average molecular weight is 563 g/mol. The number of amides is 1. The number of methoxy groups -OCH3 is 2. The van der Waals surface area contributed by atoms with Crippen molar-refractivity contribution in [1.29, 1.82) is 0 Å². The number of ether oxygens (including phenoxy) is 4. The quantitative estimate of drug-likeness (QED) is 0.277. The van der Waals surface area contributed by atoms with Crippen LogP contribution in [0.5, 0.6) is 5.75 Å². The van der Waals surface area contributed by atoms with E-state index in [0.717, 1.165) is 6.07 Å². The van der Waals surface area contributed by atoms with Gasteiger partial charge in [0.25, 0.3) is 5.91 Å². The van der Waals surface area contributed by atoms with Crippen LogP contribution < -0.4 is 9.64 Å². The van der Waals surface area contributed by atoms with Crippen LogP contribution in [0, 0.1) is 5.82 Å². The standard InChI is InChI=1S/C28H32ClFN2O7/c1-17(2)39-25-13-24(23(30)12-22(25)29)32(16-18-11-19(15-31-14-18)27(34)37-4)26(33)20-7-5-6-8-21(20)28(35)38-10-9-36-3/h11-15,17H,5-10,16H2,1-4H3. The van der Waals surface area contributed by atoms with Crippen LogP contribution in [0.25, 0.3) is 0 Å². The molecular formula is C28H32ClFN2O7. The molecule has 11 heteroatoms. The minimum atomic E-state index is -0.762. The van der Waals surface area contributed by atoms with Gasteiger partial charge < -0.3 is 23.8 Å². The Morgan fingerprint density at radius 2 is 1.74 bits per heavy atom. The molecule has 2 aromatic rings. The zero-order chi connectivity index (χ0) is 28.5. The Morgan fingerprint density at radius 3 is 2.41 bits per heavy atom. The zero-order valence-corrected chi connectivity index (χ0v) is 23.2. The Balaban J connectivity index is 2.11. The van der Waals surface area contributed by atoms with Crippen molar-refractivity contribution in [1.82, 2.24) is 4.98 Å². The van der Waals surface area contributed by atoms with Crippen molar-refractivity contribution in [2.75, 3.05) is 32.3 Å². The lowest BCUT2D eigenvalue weighted by Crippen LogP contribution is -2.35. The molecule has 0 saturated carbocycles. The van der Waals surface area contributed by atoms with Crippen molar-refractivity contribution in [2.45, 2.75) is 52.2 Å². The van der Waals surface area contributed by atoms with Crippen molar-refractivity contribution in [2.24, 2.45) is 0 Å². The Hall–Kier alpha value is -3.50. The van der Waals surface area contributed by atoms with E-state index in [1.807, 2.05) is 0 Å². The van der Waals surface area contributed by atoms with E-state index in [-0.39, 0.29) is 59.0 Å². The summed E-state index contributed by atoms with van der Waals surface area (Å²) in [6.07, 6.45) is 4.57. The van der Waals surface area contributed by atoms with Crippen LogP contribution in [0.15, 0.2) is 41.7 Å². The highest BCUT2D eigenvalue weighted by Crippen LogP contribution is 2.36. The Bertz CT molecular complexity index is 1250. The van der Waals surface area contributed by atoms with Crippen LogP contribution in [0.3, 0.4) is 0 Å². The Kier molecular flexibility index (Phi) is 10.8. The first-order chi connectivity index (χ1) is 18.7. The van der Waals surface area contributed by atoms with Gasteiger partial charge >= 0.3 is 11.9 Å². The van der Waals surface area contributed by atoms with Gasteiger partial charge in [0, 0.05) is 36.7 Å². The number of anilines is 1. The lowest BCUT2D eigenvalue weighted by molar-refractivity contribution is -0.140. The molecule has 0 spiro atoms. The fourth-order valence-corrected chi connectivity index (χ4v) is 4.35. The van der Waals surface area contributed by atoms with Gasteiger partial charge in [-0.2, -0.15) is 0 Å². The predicted molar refractivity (Wildman–Crippen MR) is 142 cm³/mol. The number of esters is 2. The van der Waals surface area contributed by atoms with Crippen LogP contribution in [0.2, 0.25) is 5.02 Å². The van der Waals surface area contributed by atoms with E-state index in [1.165, 1.54) is 43.6 Å². The number of halogens is 2. The maximum Gasteiger partial charge on any atom is 0.339 e. The van der Waals surface area contributed by atoms with Gasteiger partial charge in [0.05, 0.1) is 42.6 Å². The number of hydrogen-bond donors (Lipinski definition) is 0. The van der Waals surface area contributed by atoms with E-state index in [2.05, 4.69) is 4.98 Å². The van der Waals surface area contributed by atoms with Crippen LogP contribution in [0.4, 0.5) is 10.1 Å². The lowest BCUT2D eigenvalue weighted by atomic mass is 9.90. The number of rotatable bonds is 11. The van der Waals surface area contributed by atoms with Crippen LogP contribution in [-0.2, 0) is 30.3 Å². The third-order valence-corrected chi connectivity index (χ3v) is 6.24. The van der Waals surface area contributed by atoms with Crippen molar-refractivity contribution in [3.8, 4) is 5.75 Å². The normalized spacial score (nSPS) is 13.3. The van der Waals surface area contributed by atoms with Crippen molar-refractivity contribution in [3.05, 3.63) is 63.7 Å². The number of nitrogens with zero attached hydrogens (tertiary/aromatic N) is 2. The van der Waals surface area contributed by atoms with E-state index >= 15 is 4.39 Å². The summed E-state index contributed by atoms with van der Waals surface area (Å²) in [6.45, 7) is 3.68. The van der Waals surface area contributed by atoms with Crippen LogP contribution >= 0.6 is 11.6 Å². The van der Waals surface area contributed by atoms with Crippen LogP contribution in [0.1, 0.15) is 55.5 Å². The summed E-state index contributed by atoms with van der Waals surface area (Å²) in [5, 5.41) is 0.0472. The first-order valence-corrected chi connectivity index (χ1v) is 12.9. The van der Waals surface area contributed by atoms with Gasteiger partial charge in [-0.3, -0.25) is 9.78 Å². The minimum Gasteiger partial charge on any atom is -0.489 e. The molecule has 0 aliphatic heterocycles. The molecule has 1 aromatic carbocycles. The summed E-state index contributed by atoms with van der Waals surface area (Å²) < 4.78 is 36.2. The molecule has 9 nitrogen and oxygen atoms in total. The molecule has 39 heavy (non-hydrogen) atoms. The van der Waals surface area contributed by atoms with Gasteiger partial charge in [-0.15, -0.1) is 0 Å². The molecule has 1 aliphatic rings. The first kappa shape index (κ1) is 30.0. The molecule has 0 N–H and O–H groups in total. The average Bonchev–Trinajstić information content (AvgIpc) is 2.92. The first-order valence-electron chi connectivity index (χ1n) is 12.5. The molecule has 1 aliphatic carbocycles. The molecule has 0 saturated heterocycles. The summed E-state index contributed by atoms with van der Waals surface area (Å²) in [5.41, 5.74) is 0.992. The number of carbonyl (C=O) groups excluding carboxylic acids is 3. The maximum absolute atomic E-state index is 15.4. The van der Waals surface area contributed by atoms with Gasteiger partial charge in [0.2, 0.25) is 0 Å². The molecule has 210 valence electrons. The van der Waals surface area contributed by atoms with Gasteiger partial charge in [0.1, 0.15) is 18.2 Å². The highest BCUT2D eigenvalue weighted by Gasteiger charge is 2.31. The largest absolute Gasteiger partial charge is 0.489 e. The molecular weight excluding hydrogens is 531 g/mol. The monoisotopic (exact) mass is 562 g/mol. The summed E-state index contributed by atoms with van der Waals surface area (Å²) >= 11 is 6.22. The van der Waals surface area contributed by atoms with Crippen molar-refractivity contribution >= 4 is 35.1 Å². The maximum atomic E-state index is 15.4. The zero-order valence-electron chi connectivity index (χ0n) is 22.4. The van der Waals surface area contributed by atoms with E-state index in [4.69, 9.17) is 30.5 Å². The van der Waals surface area contributed by atoms with Gasteiger partial charge in [0.15, 0.2) is 0 Å². The Labute approximate surface area is 231 Å². The predicted octanol–water partition coefficient (Wildman–Crippen LogP) is 5.04. The van der Waals surface area contributed by atoms with E-state index in [1.54, 1.807) is 13.8 Å². The molecule has 0 fully saturated rings. The fraction of sp³-hybridized carbons (Fsp3) is 0.429. The molecule has 1 amide bonds. The second-order valence-corrected chi connectivity index (χ2v) is 9.57. The third kappa shape index (κ3) is 7.77. The van der Waals surface area contributed by atoms with Crippen molar-refractivity contribution in [3.63, 3.8) is 0 Å². The van der Waals surface area contributed by atoms with E-state index < -0.39 is 23.7 Å². The van der Waals surface area contributed by atoms with Crippen LogP contribution in [-0.4, -0.2) is 56.4 Å². The van der Waals surface area contributed by atoms with Gasteiger partial charge in [-0.1, -0.05) is 11.6 Å². The molecule has 0 radical (unpaired) electrons. The fourth-order valence-electron chi connectivity index (χ4n) is 4.16. The highest BCUT2D eigenvalue weighted by molar-refractivity contribution is 6.32. The number of benzene rings is 1.